The summed E-state index contributed by atoms with van der Waals surface area (Å²) in [7, 11) is 0. The number of pyridine rings is 1. The number of piperidine rings is 1. The molecule has 3 rings (SSSR count). The van der Waals surface area contributed by atoms with Gasteiger partial charge < -0.3 is 10.1 Å². The van der Waals surface area contributed by atoms with E-state index in [1.807, 2.05) is 17.0 Å². The number of hydrogen-bond donors (Lipinski definition) is 3. The molecule has 1 aromatic heterocycles. The third-order valence-corrected chi connectivity index (χ3v) is 5.45. The number of benzene rings is 1. The molecule has 30 heavy (non-hydrogen) atoms. The molecule has 2 aromatic rings. The van der Waals surface area contributed by atoms with E-state index >= 15 is 0 Å². The lowest BCUT2D eigenvalue weighted by atomic mass is 10.1. The zero-order valence-corrected chi connectivity index (χ0v) is 18.1. The topological polar surface area (TPSA) is 104 Å². The van der Waals surface area contributed by atoms with Crippen LogP contribution in [0.5, 0.6) is 5.75 Å². The number of aromatic nitrogens is 1. The lowest BCUT2D eigenvalue weighted by Gasteiger charge is -2.33. The van der Waals surface area contributed by atoms with E-state index in [1.165, 1.54) is 0 Å². The Morgan fingerprint density at radius 1 is 1.17 bits per heavy atom. The molecule has 2 amide bonds. The van der Waals surface area contributed by atoms with Crippen molar-refractivity contribution in [3.63, 3.8) is 0 Å². The minimum atomic E-state index is -0.596. The first-order valence-corrected chi connectivity index (χ1v) is 10.7. The van der Waals surface area contributed by atoms with Crippen LogP contribution in [0.25, 0.3) is 0 Å². The molecular formula is C21H25BrN4O4. The van der Waals surface area contributed by atoms with Gasteiger partial charge in [0.1, 0.15) is 23.0 Å². The quantitative estimate of drug-likeness (QED) is 0.307. The summed E-state index contributed by atoms with van der Waals surface area (Å²) in [6, 6.07) is 9.96. The number of amides is 2. The van der Waals surface area contributed by atoms with E-state index in [4.69, 9.17) is 9.94 Å². The zero-order valence-electron chi connectivity index (χ0n) is 16.5. The molecule has 0 radical (unpaired) electrons. The maximum absolute atomic E-state index is 12.5. The summed E-state index contributed by atoms with van der Waals surface area (Å²) in [4.78, 5) is 30.6. The molecule has 2 heterocycles. The summed E-state index contributed by atoms with van der Waals surface area (Å²) in [6.45, 7) is 2.06. The van der Waals surface area contributed by atoms with Crippen molar-refractivity contribution in [2.75, 3.05) is 19.6 Å². The molecule has 9 heteroatoms. The van der Waals surface area contributed by atoms with Gasteiger partial charge in [0.15, 0.2) is 0 Å². The van der Waals surface area contributed by atoms with Gasteiger partial charge in [-0.2, -0.15) is 0 Å². The van der Waals surface area contributed by atoms with Crippen LogP contribution in [0.4, 0.5) is 0 Å². The smallest absolute Gasteiger partial charge is 0.262 e. The Bertz CT molecular complexity index is 856. The van der Waals surface area contributed by atoms with Crippen molar-refractivity contribution in [3.8, 4) is 5.75 Å². The number of halogens is 1. The van der Waals surface area contributed by atoms with Gasteiger partial charge in [-0.25, -0.2) is 10.5 Å². The SMILES string of the molecule is O=C(NCC(C(=O)NO)N1CCCCC1)c1ccc(OCc2ccnc(Br)c2)cc1. The number of carbonyl (C=O) groups excluding carboxylic acids is 2. The van der Waals surface area contributed by atoms with Crippen LogP contribution >= 0.6 is 15.9 Å². The third-order valence-electron chi connectivity index (χ3n) is 5.01. The molecule has 0 spiro atoms. The van der Waals surface area contributed by atoms with Gasteiger partial charge in [0.05, 0.1) is 0 Å². The molecule has 0 aliphatic carbocycles. The van der Waals surface area contributed by atoms with Crippen LogP contribution in [-0.2, 0) is 11.4 Å². The van der Waals surface area contributed by atoms with Crippen LogP contribution in [0.1, 0.15) is 35.2 Å². The number of hydroxylamine groups is 1. The molecule has 1 aromatic carbocycles. The molecule has 0 bridgehead atoms. The van der Waals surface area contributed by atoms with Crippen molar-refractivity contribution in [1.29, 1.82) is 0 Å². The van der Waals surface area contributed by atoms with Crippen LogP contribution in [0, 0.1) is 0 Å². The lowest BCUT2D eigenvalue weighted by molar-refractivity contribution is -0.135. The highest BCUT2D eigenvalue weighted by atomic mass is 79.9. The molecule has 1 fully saturated rings. The lowest BCUT2D eigenvalue weighted by Crippen LogP contribution is -2.53. The molecule has 1 aliphatic rings. The van der Waals surface area contributed by atoms with E-state index in [2.05, 4.69) is 26.2 Å². The van der Waals surface area contributed by atoms with Crippen molar-refractivity contribution in [2.24, 2.45) is 0 Å². The van der Waals surface area contributed by atoms with Crippen molar-refractivity contribution >= 4 is 27.7 Å². The van der Waals surface area contributed by atoms with Gasteiger partial charge in [-0.15, -0.1) is 0 Å². The molecule has 0 saturated carbocycles. The second-order valence-corrected chi connectivity index (χ2v) is 7.91. The fourth-order valence-corrected chi connectivity index (χ4v) is 3.80. The second kappa shape index (κ2) is 11.1. The van der Waals surface area contributed by atoms with Crippen LogP contribution in [-0.4, -0.2) is 52.6 Å². The van der Waals surface area contributed by atoms with Crippen molar-refractivity contribution < 1.29 is 19.5 Å². The summed E-state index contributed by atoms with van der Waals surface area (Å²) in [6.07, 6.45) is 4.83. The summed E-state index contributed by atoms with van der Waals surface area (Å²) >= 11 is 3.32. The molecule has 160 valence electrons. The van der Waals surface area contributed by atoms with E-state index < -0.39 is 11.9 Å². The van der Waals surface area contributed by atoms with Gasteiger partial charge in [-0.05, 0) is 83.8 Å². The molecule has 1 aliphatic heterocycles. The van der Waals surface area contributed by atoms with Crippen LogP contribution in [0.2, 0.25) is 0 Å². The predicted molar refractivity (Wildman–Crippen MR) is 114 cm³/mol. The fraction of sp³-hybridized carbons (Fsp3) is 0.381. The predicted octanol–water partition coefficient (Wildman–Crippen LogP) is 2.51. The average Bonchev–Trinajstić information content (AvgIpc) is 2.78. The van der Waals surface area contributed by atoms with Crippen molar-refractivity contribution in [2.45, 2.75) is 31.9 Å². The summed E-state index contributed by atoms with van der Waals surface area (Å²) in [5, 5.41) is 11.8. The highest BCUT2D eigenvalue weighted by Gasteiger charge is 2.27. The number of likely N-dealkylation sites (tertiary alicyclic amines) is 1. The molecule has 1 unspecified atom stereocenters. The van der Waals surface area contributed by atoms with Gasteiger partial charge in [-0.3, -0.25) is 19.7 Å². The molecule has 3 N–H and O–H groups in total. The number of carbonyl (C=O) groups is 2. The first-order valence-electron chi connectivity index (χ1n) is 9.86. The molecule has 1 saturated heterocycles. The zero-order chi connectivity index (χ0) is 21.3. The van der Waals surface area contributed by atoms with E-state index in [1.54, 1.807) is 35.9 Å². The number of nitrogens with one attached hydrogen (secondary N) is 2. The van der Waals surface area contributed by atoms with Crippen molar-refractivity contribution in [3.05, 3.63) is 58.3 Å². The highest BCUT2D eigenvalue weighted by molar-refractivity contribution is 9.10. The molecular weight excluding hydrogens is 452 g/mol. The van der Waals surface area contributed by atoms with E-state index in [0.717, 1.165) is 42.5 Å². The van der Waals surface area contributed by atoms with Crippen LogP contribution < -0.4 is 15.5 Å². The average molecular weight is 477 g/mol. The standard InChI is InChI=1S/C21H25BrN4O4/c22-19-12-15(8-9-23-19)14-30-17-6-4-16(5-7-17)20(27)24-13-18(21(28)25-29)26-10-2-1-3-11-26/h4-9,12,18,29H,1-3,10-11,13-14H2,(H,24,27)(H,25,28). The van der Waals surface area contributed by atoms with Gasteiger partial charge in [0.25, 0.3) is 11.8 Å². The van der Waals surface area contributed by atoms with E-state index in [0.29, 0.717) is 17.9 Å². The number of ether oxygens (including phenoxy) is 1. The minimum Gasteiger partial charge on any atom is -0.489 e. The fourth-order valence-electron chi connectivity index (χ4n) is 3.39. The van der Waals surface area contributed by atoms with Gasteiger partial charge in [-0.1, -0.05) is 6.42 Å². The van der Waals surface area contributed by atoms with Gasteiger partial charge in [0.2, 0.25) is 0 Å². The second-order valence-electron chi connectivity index (χ2n) is 7.10. The highest BCUT2D eigenvalue weighted by Crippen LogP contribution is 2.16. The number of hydrogen-bond acceptors (Lipinski definition) is 6. The number of rotatable bonds is 8. The maximum atomic E-state index is 12.5. The summed E-state index contributed by atoms with van der Waals surface area (Å²) in [5.41, 5.74) is 3.15. The van der Waals surface area contributed by atoms with E-state index in [-0.39, 0.29) is 12.5 Å². The molecule has 1 atom stereocenters. The Hall–Kier alpha value is -2.49. The Labute approximate surface area is 183 Å². The first kappa shape index (κ1) is 22.2. The van der Waals surface area contributed by atoms with Crippen LogP contribution in [0.15, 0.2) is 47.2 Å². The van der Waals surface area contributed by atoms with Gasteiger partial charge >= 0.3 is 0 Å². The largest absolute Gasteiger partial charge is 0.489 e. The Morgan fingerprint density at radius 3 is 2.57 bits per heavy atom. The Balaban J connectivity index is 1.53. The monoisotopic (exact) mass is 476 g/mol. The Kier molecular flexibility index (Phi) is 8.18. The Morgan fingerprint density at radius 2 is 1.90 bits per heavy atom. The molecule has 8 nitrogen and oxygen atoms in total. The van der Waals surface area contributed by atoms with Gasteiger partial charge in [0, 0.05) is 18.3 Å². The third kappa shape index (κ3) is 6.25. The maximum Gasteiger partial charge on any atom is 0.262 e. The van der Waals surface area contributed by atoms with E-state index in [9.17, 15) is 9.59 Å². The minimum absolute atomic E-state index is 0.125. The normalized spacial score (nSPS) is 15.3. The van der Waals surface area contributed by atoms with Crippen LogP contribution in [0.3, 0.4) is 0 Å². The summed E-state index contributed by atoms with van der Waals surface area (Å²) < 4.78 is 6.48. The first-order chi connectivity index (χ1) is 14.6. The van der Waals surface area contributed by atoms with Crippen molar-refractivity contribution in [1.82, 2.24) is 20.7 Å². The summed E-state index contributed by atoms with van der Waals surface area (Å²) in [5.74, 6) is -0.151. The number of nitrogens with zero attached hydrogens (tertiary/aromatic N) is 2.